The van der Waals surface area contributed by atoms with Crippen LogP contribution in [-0.4, -0.2) is 23.6 Å². The number of pyridine rings is 1. The average molecular weight is 308 g/mol. The number of hydrogen-bond donors (Lipinski definition) is 1. The van der Waals surface area contributed by atoms with Crippen molar-refractivity contribution in [3.05, 3.63) is 48.2 Å². The molecule has 0 radical (unpaired) electrons. The SMILES string of the molecule is CCOC(=O)c1cnc2c(ccc3ccccc32)c1NC(C)C. The summed E-state index contributed by atoms with van der Waals surface area (Å²) in [6.45, 7) is 6.23. The molecule has 0 saturated heterocycles. The highest BCUT2D eigenvalue weighted by Crippen LogP contribution is 2.32. The zero-order valence-electron chi connectivity index (χ0n) is 13.6. The summed E-state index contributed by atoms with van der Waals surface area (Å²) in [6.07, 6.45) is 1.61. The fourth-order valence-electron chi connectivity index (χ4n) is 2.74. The molecule has 0 amide bonds. The maximum atomic E-state index is 12.3. The zero-order valence-corrected chi connectivity index (χ0v) is 13.6. The van der Waals surface area contributed by atoms with Crippen molar-refractivity contribution in [1.29, 1.82) is 0 Å². The Bertz CT molecular complexity index is 872. The number of anilines is 1. The summed E-state index contributed by atoms with van der Waals surface area (Å²) >= 11 is 0. The molecule has 1 N–H and O–H groups in total. The van der Waals surface area contributed by atoms with Gasteiger partial charge in [-0.3, -0.25) is 4.98 Å². The first-order valence-electron chi connectivity index (χ1n) is 7.86. The van der Waals surface area contributed by atoms with Crippen molar-refractivity contribution < 1.29 is 9.53 Å². The molecule has 0 spiro atoms. The van der Waals surface area contributed by atoms with Gasteiger partial charge in [-0.25, -0.2) is 4.79 Å². The van der Waals surface area contributed by atoms with E-state index in [0.29, 0.717) is 12.2 Å². The van der Waals surface area contributed by atoms with E-state index in [0.717, 1.165) is 27.4 Å². The zero-order chi connectivity index (χ0) is 16.4. The molecule has 0 unspecified atom stereocenters. The molecule has 118 valence electrons. The van der Waals surface area contributed by atoms with Crippen LogP contribution in [0.15, 0.2) is 42.6 Å². The Morgan fingerprint density at radius 3 is 2.70 bits per heavy atom. The largest absolute Gasteiger partial charge is 0.462 e. The second-order valence-electron chi connectivity index (χ2n) is 5.75. The van der Waals surface area contributed by atoms with E-state index in [2.05, 4.69) is 22.4 Å². The molecule has 2 aromatic carbocycles. The molecule has 1 aromatic heterocycles. The lowest BCUT2D eigenvalue weighted by atomic mass is 10.0. The summed E-state index contributed by atoms with van der Waals surface area (Å²) in [6, 6.07) is 12.4. The van der Waals surface area contributed by atoms with E-state index >= 15 is 0 Å². The normalized spacial score (nSPS) is 11.1. The van der Waals surface area contributed by atoms with Crippen LogP contribution in [0.25, 0.3) is 21.7 Å². The van der Waals surface area contributed by atoms with Crippen LogP contribution in [0.3, 0.4) is 0 Å². The minimum atomic E-state index is -0.349. The maximum absolute atomic E-state index is 12.3. The van der Waals surface area contributed by atoms with E-state index in [1.807, 2.05) is 38.1 Å². The first-order chi connectivity index (χ1) is 11.1. The fraction of sp³-hybridized carbons (Fsp3) is 0.263. The number of nitrogens with zero attached hydrogens (tertiary/aromatic N) is 1. The number of ether oxygens (including phenoxy) is 1. The minimum Gasteiger partial charge on any atom is -0.462 e. The van der Waals surface area contributed by atoms with Gasteiger partial charge in [-0.1, -0.05) is 36.4 Å². The molecule has 3 rings (SSSR count). The van der Waals surface area contributed by atoms with Crippen LogP contribution in [-0.2, 0) is 4.74 Å². The topological polar surface area (TPSA) is 51.2 Å². The third-order valence-corrected chi connectivity index (χ3v) is 3.69. The molecule has 0 fully saturated rings. The summed E-state index contributed by atoms with van der Waals surface area (Å²) in [7, 11) is 0. The Morgan fingerprint density at radius 1 is 1.17 bits per heavy atom. The first kappa shape index (κ1) is 15.3. The summed E-state index contributed by atoms with van der Waals surface area (Å²) in [5.74, 6) is -0.349. The number of rotatable bonds is 4. The third kappa shape index (κ3) is 2.84. The predicted octanol–water partition coefficient (Wildman–Crippen LogP) is 4.39. The molecule has 4 nitrogen and oxygen atoms in total. The Kier molecular flexibility index (Phi) is 4.15. The third-order valence-electron chi connectivity index (χ3n) is 3.69. The second kappa shape index (κ2) is 6.24. The average Bonchev–Trinajstić information content (AvgIpc) is 2.54. The van der Waals surface area contributed by atoms with Crippen molar-refractivity contribution in [2.45, 2.75) is 26.8 Å². The number of fused-ring (bicyclic) bond motifs is 3. The molecule has 4 heteroatoms. The molecule has 0 bridgehead atoms. The highest BCUT2D eigenvalue weighted by molar-refractivity contribution is 6.13. The molecular weight excluding hydrogens is 288 g/mol. The Morgan fingerprint density at radius 2 is 1.96 bits per heavy atom. The van der Waals surface area contributed by atoms with Crippen LogP contribution in [0.2, 0.25) is 0 Å². The molecule has 0 atom stereocenters. The van der Waals surface area contributed by atoms with E-state index in [1.54, 1.807) is 13.1 Å². The predicted molar refractivity (Wildman–Crippen MR) is 94.0 cm³/mol. The molecule has 3 aromatic rings. The van der Waals surface area contributed by atoms with Crippen LogP contribution in [0.1, 0.15) is 31.1 Å². The van der Waals surface area contributed by atoms with Crippen molar-refractivity contribution in [2.24, 2.45) is 0 Å². The van der Waals surface area contributed by atoms with E-state index < -0.39 is 0 Å². The van der Waals surface area contributed by atoms with Gasteiger partial charge in [-0.05, 0) is 26.2 Å². The quantitative estimate of drug-likeness (QED) is 0.574. The number of aromatic nitrogens is 1. The van der Waals surface area contributed by atoms with Gasteiger partial charge in [-0.15, -0.1) is 0 Å². The highest BCUT2D eigenvalue weighted by atomic mass is 16.5. The second-order valence-corrected chi connectivity index (χ2v) is 5.75. The molecule has 0 saturated carbocycles. The number of nitrogens with one attached hydrogen (secondary N) is 1. The molecule has 0 aliphatic heterocycles. The van der Waals surface area contributed by atoms with E-state index in [9.17, 15) is 4.79 Å². The lowest BCUT2D eigenvalue weighted by Gasteiger charge is -2.17. The first-order valence-corrected chi connectivity index (χ1v) is 7.86. The Balaban J connectivity index is 2.30. The van der Waals surface area contributed by atoms with Gasteiger partial charge in [0.15, 0.2) is 0 Å². The number of esters is 1. The monoisotopic (exact) mass is 308 g/mol. The van der Waals surface area contributed by atoms with Gasteiger partial charge in [-0.2, -0.15) is 0 Å². The fourth-order valence-corrected chi connectivity index (χ4v) is 2.74. The van der Waals surface area contributed by atoms with Crippen molar-refractivity contribution in [1.82, 2.24) is 4.98 Å². The van der Waals surface area contributed by atoms with Gasteiger partial charge in [0.05, 0.1) is 17.8 Å². The minimum absolute atomic E-state index is 0.195. The number of benzene rings is 2. The van der Waals surface area contributed by atoms with Crippen molar-refractivity contribution >= 4 is 33.3 Å². The molecule has 1 heterocycles. The van der Waals surface area contributed by atoms with Crippen LogP contribution < -0.4 is 5.32 Å². The summed E-state index contributed by atoms with van der Waals surface area (Å²) in [5.41, 5.74) is 2.15. The summed E-state index contributed by atoms with van der Waals surface area (Å²) in [5, 5.41) is 6.52. The Hall–Kier alpha value is -2.62. The van der Waals surface area contributed by atoms with Crippen molar-refractivity contribution in [3.8, 4) is 0 Å². The number of carbonyl (C=O) groups is 1. The van der Waals surface area contributed by atoms with Crippen molar-refractivity contribution in [2.75, 3.05) is 11.9 Å². The van der Waals surface area contributed by atoms with Gasteiger partial charge in [0.2, 0.25) is 0 Å². The van der Waals surface area contributed by atoms with Gasteiger partial charge < -0.3 is 10.1 Å². The van der Waals surface area contributed by atoms with Crippen LogP contribution in [0, 0.1) is 0 Å². The summed E-state index contributed by atoms with van der Waals surface area (Å²) < 4.78 is 5.17. The van der Waals surface area contributed by atoms with Gasteiger partial charge in [0.1, 0.15) is 5.56 Å². The maximum Gasteiger partial charge on any atom is 0.341 e. The smallest absolute Gasteiger partial charge is 0.341 e. The summed E-state index contributed by atoms with van der Waals surface area (Å²) in [4.78, 5) is 16.8. The lowest BCUT2D eigenvalue weighted by molar-refractivity contribution is 0.0527. The van der Waals surface area contributed by atoms with E-state index in [4.69, 9.17) is 4.74 Å². The van der Waals surface area contributed by atoms with Crippen LogP contribution in [0.4, 0.5) is 5.69 Å². The number of hydrogen-bond acceptors (Lipinski definition) is 4. The van der Waals surface area contributed by atoms with Crippen LogP contribution in [0.5, 0.6) is 0 Å². The Labute approximate surface area is 135 Å². The highest BCUT2D eigenvalue weighted by Gasteiger charge is 2.18. The van der Waals surface area contributed by atoms with E-state index in [-0.39, 0.29) is 12.0 Å². The molecule has 0 aliphatic rings. The standard InChI is InChI=1S/C19H20N2O2/c1-4-23-19(22)16-11-20-17-14-8-6-5-7-13(14)9-10-15(17)18(16)21-12(2)3/h5-12H,4H2,1-3H3,(H,20,21). The molecular formula is C19H20N2O2. The lowest BCUT2D eigenvalue weighted by Crippen LogP contribution is -2.16. The number of carbonyl (C=O) groups excluding carboxylic acids is 1. The van der Waals surface area contributed by atoms with Gasteiger partial charge in [0, 0.05) is 23.0 Å². The molecule has 23 heavy (non-hydrogen) atoms. The van der Waals surface area contributed by atoms with Crippen molar-refractivity contribution in [3.63, 3.8) is 0 Å². The van der Waals surface area contributed by atoms with Crippen LogP contribution >= 0.6 is 0 Å². The van der Waals surface area contributed by atoms with Gasteiger partial charge in [0.25, 0.3) is 0 Å². The van der Waals surface area contributed by atoms with Gasteiger partial charge >= 0.3 is 5.97 Å². The van der Waals surface area contributed by atoms with E-state index in [1.165, 1.54) is 0 Å². The molecule has 0 aliphatic carbocycles.